The molecule has 0 bridgehead atoms. The van der Waals surface area contributed by atoms with Gasteiger partial charge in [0.1, 0.15) is 17.8 Å². The topological polar surface area (TPSA) is 68.3 Å². The molecule has 0 fully saturated rings. The van der Waals surface area contributed by atoms with E-state index >= 15 is 0 Å². The van der Waals surface area contributed by atoms with E-state index in [4.69, 9.17) is 9.40 Å². The van der Waals surface area contributed by atoms with Crippen molar-refractivity contribution >= 4 is 11.7 Å². The molecule has 0 N–H and O–H groups in total. The number of carbonyl (C=O) groups is 2. The molecule has 35 heavy (non-hydrogen) atoms. The van der Waals surface area contributed by atoms with Gasteiger partial charge in [-0.2, -0.15) is 0 Å². The molecule has 6 heteroatoms. The van der Waals surface area contributed by atoms with Crippen LogP contribution < -0.4 is 0 Å². The van der Waals surface area contributed by atoms with Crippen LogP contribution in [0, 0.1) is 0 Å². The summed E-state index contributed by atoms with van der Waals surface area (Å²) in [5.41, 5.74) is 5.20. The van der Waals surface area contributed by atoms with E-state index in [0.29, 0.717) is 49.4 Å². The second-order valence-corrected chi connectivity index (χ2v) is 9.28. The Balaban J connectivity index is 1.32. The molecule has 0 radical (unpaired) electrons. The Morgan fingerprint density at radius 3 is 2.51 bits per heavy atom. The number of hydrogen-bond donors (Lipinski definition) is 0. The van der Waals surface area contributed by atoms with Gasteiger partial charge in [0.25, 0.3) is 5.91 Å². The Labute approximate surface area is 204 Å². The van der Waals surface area contributed by atoms with Gasteiger partial charge in [0.05, 0.1) is 29.1 Å². The number of benzene rings is 2. The van der Waals surface area contributed by atoms with Crippen molar-refractivity contribution in [3.63, 3.8) is 0 Å². The average Bonchev–Trinajstić information content (AvgIpc) is 3.50. The van der Waals surface area contributed by atoms with E-state index in [1.165, 1.54) is 11.8 Å². The van der Waals surface area contributed by atoms with Crippen molar-refractivity contribution in [3.05, 3.63) is 101 Å². The summed E-state index contributed by atoms with van der Waals surface area (Å²) < 4.78 is 7.91. The number of rotatable bonds is 5. The number of nitrogens with zero attached hydrogens (tertiary/aromatic N) is 3. The molecule has 1 aliphatic carbocycles. The maximum Gasteiger partial charge on any atom is 0.258 e. The van der Waals surface area contributed by atoms with Crippen molar-refractivity contribution in [2.24, 2.45) is 0 Å². The molecule has 1 aliphatic heterocycles. The number of Topliss-reactive ketones (excluding diaryl/α,β-unsaturated/α-hetero) is 1. The van der Waals surface area contributed by atoms with Gasteiger partial charge in [0.15, 0.2) is 5.78 Å². The summed E-state index contributed by atoms with van der Waals surface area (Å²) in [6.07, 6.45) is 5.19. The number of aryl methyl sites for hydroxylation is 3. The third-order valence-electron chi connectivity index (χ3n) is 7.08. The number of fused-ring (bicyclic) bond motifs is 2. The van der Waals surface area contributed by atoms with E-state index in [0.717, 1.165) is 42.0 Å². The number of aromatic nitrogens is 2. The third-order valence-corrected chi connectivity index (χ3v) is 7.08. The summed E-state index contributed by atoms with van der Waals surface area (Å²) in [7, 11) is 0. The summed E-state index contributed by atoms with van der Waals surface area (Å²) in [5, 5.41) is 0. The normalized spacial score (nSPS) is 15.1. The van der Waals surface area contributed by atoms with Crippen LogP contribution in [0.3, 0.4) is 0 Å². The molecule has 176 valence electrons. The summed E-state index contributed by atoms with van der Waals surface area (Å²) in [6, 6.07) is 20.6. The first-order chi connectivity index (χ1) is 17.2. The van der Waals surface area contributed by atoms with Crippen molar-refractivity contribution < 1.29 is 14.0 Å². The highest BCUT2D eigenvalue weighted by Crippen LogP contribution is 2.31. The first kappa shape index (κ1) is 21.6. The Morgan fingerprint density at radius 1 is 0.943 bits per heavy atom. The summed E-state index contributed by atoms with van der Waals surface area (Å²) in [4.78, 5) is 33.0. The smallest absolute Gasteiger partial charge is 0.258 e. The monoisotopic (exact) mass is 465 g/mol. The van der Waals surface area contributed by atoms with Gasteiger partial charge in [-0.3, -0.25) is 9.59 Å². The van der Waals surface area contributed by atoms with Gasteiger partial charge in [-0.1, -0.05) is 60.7 Å². The van der Waals surface area contributed by atoms with Gasteiger partial charge in [-0.15, -0.1) is 0 Å². The van der Waals surface area contributed by atoms with Crippen LogP contribution in [0.15, 0.2) is 71.3 Å². The van der Waals surface area contributed by atoms with E-state index in [9.17, 15) is 9.59 Å². The van der Waals surface area contributed by atoms with E-state index in [1.54, 1.807) is 0 Å². The number of hydrogen-bond acceptors (Lipinski definition) is 4. The van der Waals surface area contributed by atoms with E-state index in [2.05, 4.69) is 41.0 Å². The lowest BCUT2D eigenvalue weighted by Gasteiger charge is -2.29. The van der Waals surface area contributed by atoms with Gasteiger partial charge >= 0.3 is 0 Å². The number of ketones is 1. The van der Waals surface area contributed by atoms with Crippen LogP contribution in [0.4, 0.5) is 0 Å². The number of carbonyl (C=O) groups excluding carboxylic acids is 2. The van der Waals surface area contributed by atoms with Crippen molar-refractivity contribution in [3.8, 4) is 11.3 Å². The zero-order chi connectivity index (χ0) is 23.8. The lowest BCUT2D eigenvalue weighted by molar-refractivity contribution is 0.0705. The fraction of sp³-hybridized carbons (Fsp3) is 0.276. The van der Waals surface area contributed by atoms with Gasteiger partial charge in [-0.05, 0) is 18.4 Å². The molecule has 2 aliphatic rings. The molecule has 4 aromatic rings. The minimum absolute atomic E-state index is 0.0126. The maximum absolute atomic E-state index is 13.5. The Hall–Kier alpha value is -3.93. The van der Waals surface area contributed by atoms with Crippen LogP contribution in [-0.4, -0.2) is 32.7 Å². The second kappa shape index (κ2) is 9.02. The van der Waals surface area contributed by atoms with Crippen LogP contribution in [0.2, 0.25) is 0 Å². The molecule has 6 nitrogen and oxygen atoms in total. The van der Waals surface area contributed by atoms with Crippen LogP contribution in [0.5, 0.6) is 0 Å². The minimum atomic E-state index is -0.137. The second-order valence-electron chi connectivity index (χ2n) is 9.28. The number of furan rings is 1. The van der Waals surface area contributed by atoms with Crippen molar-refractivity contribution in [2.75, 3.05) is 6.54 Å². The fourth-order valence-corrected chi connectivity index (χ4v) is 5.28. The first-order valence-corrected chi connectivity index (χ1v) is 12.3. The maximum atomic E-state index is 13.5. The molecular formula is C29H27N3O3. The first-order valence-electron chi connectivity index (χ1n) is 12.3. The summed E-state index contributed by atoms with van der Waals surface area (Å²) in [6.45, 7) is 1.71. The fourth-order valence-electron chi connectivity index (χ4n) is 5.28. The van der Waals surface area contributed by atoms with Gasteiger partial charge < -0.3 is 13.9 Å². The summed E-state index contributed by atoms with van der Waals surface area (Å²) >= 11 is 0. The molecule has 0 spiro atoms. The standard InChI is InChI=1S/C29H27N3O3/c33-24-12-7-13-25-27(24)22(19-35-25)29(34)31-16-17-32-23(18-31)28(21-10-5-2-6-11-21)30-26(32)15-14-20-8-3-1-4-9-20/h1-6,8-11,19H,7,12-18H2. The van der Waals surface area contributed by atoms with E-state index in [1.807, 2.05) is 29.2 Å². The lowest BCUT2D eigenvalue weighted by Crippen LogP contribution is -2.39. The lowest BCUT2D eigenvalue weighted by atomic mass is 9.93. The van der Waals surface area contributed by atoms with Crippen LogP contribution in [0.25, 0.3) is 11.3 Å². The highest BCUT2D eigenvalue weighted by molar-refractivity contribution is 6.09. The van der Waals surface area contributed by atoms with E-state index < -0.39 is 0 Å². The molecule has 1 amide bonds. The van der Waals surface area contributed by atoms with Gasteiger partial charge in [0.2, 0.25) is 0 Å². The molecular weight excluding hydrogens is 438 g/mol. The molecule has 2 aromatic carbocycles. The third kappa shape index (κ3) is 3.99. The largest absolute Gasteiger partial charge is 0.468 e. The quantitative estimate of drug-likeness (QED) is 0.411. The van der Waals surface area contributed by atoms with Gasteiger partial charge in [0, 0.05) is 37.9 Å². The molecule has 0 saturated heterocycles. The molecule has 0 unspecified atom stereocenters. The summed E-state index contributed by atoms with van der Waals surface area (Å²) in [5.74, 6) is 1.58. The minimum Gasteiger partial charge on any atom is -0.468 e. The zero-order valence-electron chi connectivity index (χ0n) is 19.6. The molecule has 6 rings (SSSR count). The highest BCUT2D eigenvalue weighted by Gasteiger charge is 2.33. The predicted octanol–water partition coefficient (Wildman–Crippen LogP) is 5.10. The SMILES string of the molecule is O=C1CCCc2occ(C(=O)N3CCn4c(CCc5ccccc5)nc(-c5ccccc5)c4C3)c21. The number of amides is 1. The van der Waals surface area contributed by atoms with Crippen LogP contribution >= 0.6 is 0 Å². The van der Waals surface area contributed by atoms with Crippen LogP contribution in [0.1, 0.15) is 56.4 Å². The predicted molar refractivity (Wildman–Crippen MR) is 132 cm³/mol. The van der Waals surface area contributed by atoms with E-state index in [-0.39, 0.29) is 11.7 Å². The highest BCUT2D eigenvalue weighted by atomic mass is 16.3. The van der Waals surface area contributed by atoms with Crippen LogP contribution in [-0.2, 0) is 32.4 Å². The zero-order valence-corrected chi connectivity index (χ0v) is 19.6. The molecule has 3 heterocycles. The van der Waals surface area contributed by atoms with Crippen molar-refractivity contribution in [1.29, 1.82) is 0 Å². The average molecular weight is 466 g/mol. The van der Waals surface area contributed by atoms with Crippen molar-refractivity contribution in [2.45, 2.75) is 45.2 Å². The van der Waals surface area contributed by atoms with Crippen molar-refractivity contribution in [1.82, 2.24) is 14.5 Å². The molecule has 0 atom stereocenters. The van der Waals surface area contributed by atoms with Gasteiger partial charge in [-0.25, -0.2) is 4.98 Å². The Kier molecular flexibility index (Phi) is 5.57. The molecule has 2 aromatic heterocycles. The Morgan fingerprint density at radius 2 is 1.71 bits per heavy atom. The molecule has 0 saturated carbocycles. The number of imidazole rings is 1. The Bertz CT molecular complexity index is 1390.